The molecule has 3 N–H and O–H groups in total. The van der Waals surface area contributed by atoms with Crippen LogP contribution in [0.1, 0.15) is 25.3 Å². The van der Waals surface area contributed by atoms with Gasteiger partial charge in [0.25, 0.3) is 0 Å². The highest BCUT2D eigenvalue weighted by molar-refractivity contribution is 5.63. The third kappa shape index (κ3) is 2.04. The first-order valence-corrected chi connectivity index (χ1v) is 5.25. The molecule has 3 nitrogen and oxygen atoms in total. The van der Waals surface area contributed by atoms with Crippen LogP contribution in [0.3, 0.4) is 0 Å². The molecule has 1 aliphatic carbocycles. The average molecular weight is 201 g/mol. The molecule has 0 aromatic heterocycles. The normalized spacial score (nSPS) is 24.0. The molecule has 3 heteroatoms. The van der Waals surface area contributed by atoms with Crippen molar-refractivity contribution in [3.8, 4) is 6.07 Å². The van der Waals surface area contributed by atoms with Crippen LogP contribution in [0, 0.1) is 17.2 Å². The summed E-state index contributed by atoms with van der Waals surface area (Å²) in [4.78, 5) is 0. The second kappa shape index (κ2) is 3.82. The quantitative estimate of drug-likeness (QED) is 0.722. The molecule has 1 fully saturated rings. The Bertz CT molecular complexity index is 400. The first-order valence-electron chi connectivity index (χ1n) is 5.25. The van der Waals surface area contributed by atoms with E-state index in [4.69, 9.17) is 11.0 Å². The van der Waals surface area contributed by atoms with Gasteiger partial charge in [0.1, 0.15) is 6.07 Å². The van der Waals surface area contributed by atoms with Gasteiger partial charge >= 0.3 is 0 Å². The largest absolute Gasteiger partial charge is 0.399 e. The Hall–Kier alpha value is -1.69. The van der Waals surface area contributed by atoms with Gasteiger partial charge in [0.2, 0.25) is 0 Å². The standard InChI is InChI=1S/C12H15N3/c1-8-4-11(5-8)15-12-3-2-10(14)6-9(12)7-13/h2-3,6,8,11,15H,4-5,14H2,1H3. The number of hydrogen-bond donors (Lipinski definition) is 2. The summed E-state index contributed by atoms with van der Waals surface area (Å²) in [6, 6.07) is 8.11. The monoisotopic (exact) mass is 201 g/mol. The van der Waals surface area contributed by atoms with Gasteiger partial charge in [0, 0.05) is 11.7 Å². The van der Waals surface area contributed by atoms with E-state index in [1.54, 1.807) is 6.07 Å². The first kappa shape index (κ1) is 9.85. The number of hydrogen-bond acceptors (Lipinski definition) is 3. The number of nitrogens with zero attached hydrogens (tertiary/aromatic N) is 1. The number of nitrogen functional groups attached to an aromatic ring is 1. The van der Waals surface area contributed by atoms with Gasteiger partial charge in [-0.2, -0.15) is 5.26 Å². The predicted molar refractivity (Wildman–Crippen MR) is 61.4 cm³/mol. The number of rotatable bonds is 2. The minimum atomic E-state index is 0.524. The van der Waals surface area contributed by atoms with E-state index in [1.165, 1.54) is 12.8 Å². The maximum absolute atomic E-state index is 8.95. The van der Waals surface area contributed by atoms with Crippen molar-refractivity contribution in [2.45, 2.75) is 25.8 Å². The molecule has 0 bridgehead atoms. The van der Waals surface area contributed by atoms with E-state index in [-0.39, 0.29) is 0 Å². The molecule has 0 aliphatic heterocycles. The van der Waals surface area contributed by atoms with Gasteiger partial charge in [-0.25, -0.2) is 0 Å². The molecule has 0 radical (unpaired) electrons. The van der Waals surface area contributed by atoms with Crippen molar-refractivity contribution in [2.75, 3.05) is 11.1 Å². The van der Waals surface area contributed by atoms with Gasteiger partial charge in [-0.3, -0.25) is 0 Å². The van der Waals surface area contributed by atoms with Crippen molar-refractivity contribution >= 4 is 11.4 Å². The van der Waals surface area contributed by atoms with Gasteiger partial charge in [-0.05, 0) is 37.0 Å². The molecule has 1 aromatic carbocycles. The van der Waals surface area contributed by atoms with Gasteiger partial charge in [0.05, 0.1) is 11.3 Å². The first-order chi connectivity index (χ1) is 7.19. The van der Waals surface area contributed by atoms with Gasteiger partial charge in [0.15, 0.2) is 0 Å². The molecule has 2 rings (SSSR count). The number of benzene rings is 1. The van der Waals surface area contributed by atoms with E-state index in [9.17, 15) is 0 Å². The number of nitrogens with one attached hydrogen (secondary N) is 1. The SMILES string of the molecule is CC1CC(Nc2ccc(N)cc2C#N)C1. The summed E-state index contributed by atoms with van der Waals surface area (Å²) >= 11 is 0. The summed E-state index contributed by atoms with van der Waals surface area (Å²) in [7, 11) is 0. The van der Waals surface area contributed by atoms with Crippen LogP contribution in [0.25, 0.3) is 0 Å². The minimum absolute atomic E-state index is 0.524. The fourth-order valence-electron chi connectivity index (χ4n) is 2.02. The van der Waals surface area contributed by atoms with Crippen LogP contribution in [-0.2, 0) is 0 Å². The summed E-state index contributed by atoms with van der Waals surface area (Å²) in [5, 5.41) is 12.3. The summed E-state index contributed by atoms with van der Waals surface area (Å²) < 4.78 is 0. The lowest BCUT2D eigenvalue weighted by Gasteiger charge is -2.34. The smallest absolute Gasteiger partial charge is 0.101 e. The van der Waals surface area contributed by atoms with Gasteiger partial charge in [-0.15, -0.1) is 0 Å². The van der Waals surface area contributed by atoms with E-state index >= 15 is 0 Å². The maximum Gasteiger partial charge on any atom is 0.101 e. The summed E-state index contributed by atoms with van der Waals surface area (Å²) in [6.07, 6.45) is 2.38. The Balaban J connectivity index is 2.11. The zero-order valence-electron chi connectivity index (χ0n) is 8.83. The molecular weight excluding hydrogens is 186 g/mol. The highest BCUT2D eigenvalue weighted by Gasteiger charge is 2.25. The molecule has 0 saturated heterocycles. The molecule has 1 aromatic rings. The van der Waals surface area contributed by atoms with Crippen molar-refractivity contribution in [3.63, 3.8) is 0 Å². The molecular formula is C12H15N3. The second-order valence-electron chi connectivity index (χ2n) is 4.33. The molecule has 15 heavy (non-hydrogen) atoms. The Morgan fingerprint density at radius 1 is 1.47 bits per heavy atom. The lowest BCUT2D eigenvalue weighted by molar-refractivity contribution is 0.309. The molecule has 0 spiro atoms. The van der Waals surface area contributed by atoms with E-state index in [0.717, 1.165) is 11.6 Å². The van der Waals surface area contributed by atoms with Crippen molar-refractivity contribution < 1.29 is 0 Å². The van der Waals surface area contributed by atoms with E-state index in [1.807, 2.05) is 12.1 Å². The van der Waals surface area contributed by atoms with Crippen LogP contribution in [0.2, 0.25) is 0 Å². The lowest BCUT2D eigenvalue weighted by Crippen LogP contribution is -2.33. The van der Waals surface area contributed by atoms with Gasteiger partial charge < -0.3 is 11.1 Å². The van der Waals surface area contributed by atoms with Crippen molar-refractivity contribution in [3.05, 3.63) is 23.8 Å². The zero-order chi connectivity index (χ0) is 10.8. The molecule has 0 amide bonds. The topological polar surface area (TPSA) is 61.8 Å². The Kier molecular flexibility index (Phi) is 2.51. The average Bonchev–Trinajstić information content (AvgIpc) is 2.18. The van der Waals surface area contributed by atoms with Gasteiger partial charge in [-0.1, -0.05) is 6.92 Å². The van der Waals surface area contributed by atoms with Crippen molar-refractivity contribution in [1.29, 1.82) is 5.26 Å². The van der Waals surface area contributed by atoms with Crippen LogP contribution < -0.4 is 11.1 Å². The van der Waals surface area contributed by atoms with Crippen molar-refractivity contribution in [2.24, 2.45) is 5.92 Å². The molecule has 1 saturated carbocycles. The van der Waals surface area contributed by atoms with Crippen LogP contribution in [-0.4, -0.2) is 6.04 Å². The molecule has 0 unspecified atom stereocenters. The lowest BCUT2D eigenvalue weighted by atomic mass is 9.81. The minimum Gasteiger partial charge on any atom is -0.399 e. The van der Waals surface area contributed by atoms with Crippen LogP contribution in [0.4, 0.5) is 11.4 Å². The molecule has 1 aliphatic rings. The van der Waals surface area contributed by atoms with Crippen LogP contribution in [0.5, 0.6) is 0 Å². The fourth-order valence-corrected chi connectivity index (χ4v) is 2.02. The van der Waals surface area contributed by atoms with E-state index in [0.29, 0.717) is 17.3 Å². The second-order valence-corrected chi connectivity index (χ2v) is 4.33. The Morgan fingerprint density at radius 2 is 2.20 bits per heavy atom. The zero-order valence-corrected chi connectivity index (χ0v) is 8.83. The van der Waals surface area contributed by atoms with E-state index in [2.05, 4.69) is 18.3 Å². The summed E-state index contributed by atoms with van der Waals surface area (Å²) in [5.41, 5.74) is 7.80. The highest BCUT2D eigenvalue weighted by Crippen LogP contribution is 2.30. The van der Waals surface area contributed by atoms with E-state index < -0.39 is 0 Å². The Morgan fingerprint density at radius 3 is 2.80 bits per heavy atom. The van der Waals surface area contributed by atoms with Crippen LogP contribution in [0.15, 0.2) is 18.2 Å². The molecule has 0 heterocycles. The molecule has 78 valence electrons. The third-order valence-electron chi connectivity index (χ3n) is 2.90. The Labute approximate surface area is 89.9 Å². The molecule has 0 atom stereocenters. The van der Waals surface area contributed by atoms with Crippen molar-refractivity contribution in [1.82, 2.24) is 0 Å². The summed E-state index contributed by atoms with van der Waals surface area (Å²) in [5.74, 6) is 0.807. The third-order valence-corrected chi connectivity index (χ3v) is 2.90. The van der Waals surface area contributed by atoms with Crippen LogP contribution >= 0.6 is 0 Å². The predicted octanol–water partition coefficient (Wildman–Crippen LogP) is 2.35. The number of anilines is 2. The number of nitriles is 1. The summed E-state index contributed by atoms with van der Waals surface area (Å²) in [6.45, 7) is 2.24. The fraction of sp³-hybridized carbons (Fsp3) is 0.417. The maximum atomic E-state index is 8.95. The number of nitrogens with two attached hydrogens (primary N) is 1. The highest BCUT2D eigenvalue weighted by atomic mass is 14.9.